The first kappa shape index (κ1) is 14.4. The van der Waals surface area contributed by atoms with Crippen LogP contribution in [-0.4, -0.2) is 15.1 Å². The van der Waals surface area contributed by atoms with Crippen molar-refractivity contribution in [2.45, 2.75) is 25.8 Å². The minimum Gasteiger partial charge on any atom is -0.325 e. The SMILES string of the molecule is Cn1cnc(-c2cc(F)ccc2CC(C)(C)N)cc1=O. The van der Waals surface area contributed by atoms with E-state index < -0.39 is 5.54 Å². The summed E-state index contributed by atoms with van der Waals surface area (Å²) in [4.78, 5) is 15.9. The molecule has 1 aromatic heterocycles. The monoisotopic (exact) mass is 275 g/mol. The Kier molecular flexibility index (Phi) is 3.72. The normalized spacial score (nSPS) is 11.7. The fourth-order valence-electron chi connectivity index (χ4n) is 2.04. The highest BCUT2D eigenvalue weighted by Gasteiger charge is 2.16. The molecule has 0 aliphatic carbocycles. The van der Waals surface area contributed by atoms with E-state index in [1.54, 1.807) is 13.1 Å². The summed E-state index contributed by atoms with van der Waals surface area (Å²) in [6.45, 7) is 3.80. The third kappa shape index (κ3) is 3.30. The Bertz CT molecular complexity index is 686. The van der Waals surface area contributed by atoms with Crippen molar-refractivity contribution < 1.29 is 4.39 Å². The summed E-state index contributed by atoms with van der Waals surface area (Å²) in [5.41, 5.74) is 7.37. The van der Waals surface area contributed by atoms with Gasteiger partial charge in [0.15, 0.2) is 0 Å². The van der Waals surface area contributed by atoms with Gasteiger partial charge in [-0.2, -0.15) is 0 Å². The van der Waals surface area contributed by atoms with E-state index in [0.29, 0.717) is 17.7 Å². The number of rotatable bonds is 3. The molecule has 2 rings (SSSR count). The highest BCUT2D eigenvalue weighted by molar-refractivity contribution is 5.63. The third-order valence-corrected chi connectivity index (χ3v) is 2.97. The van der Waals surface area contributed by atoms with Crippen LogP contribution in [0.4, 0.5) is 4.39 Å². The third-order valence-electron chi connectivity index (χ3n) is 2.97. The van der Waals surface area contributed by atoms with Crippen molar-refractivity contribution in [3.05, 3.63) is 52.3 Å². The van der Waals surface area contributed by atoms with Crippen LogP contribution in [0, 0.1) is 5.82 Å². The van der Waals surface area contributed by atoms with Gasteiger partial charge in [-0.3, -0.25) is 4.79 Å². The summed E-state index contributed by atoms with van der Waals surface area (Å²) in [7, 11) is 1.62. The number of halogens is 1. The summed E-state index contributed by atoms with van der Waals surface area (Å²) < 4.78 is 14.9. The molecule has 0 radical (unpaired) electrons. The number of hydrogen-bond acceptors (Lipinski definition) is 3. The van der Waals surface area contributed by atoms with Crippen molar-refractivity contribution in [3.63, 3.8) is 0 Å². The number of nitrogens with zero attached hydrogens (tertiary/aromatic N) is 2. The molecule has 1 aromatic carbocycles. The molecular weight excluding hydrogens is 257 g/mol. The van der Waals surface area contributed by atoms with E-state index in [1.165, 1.54) is 29.1 Å². The van der Waals surface area contributed by atoms with E-state index in [2.05, 4.69) is 4.98 Å². The van der Waals surface area contributed by atoms with Gasteiger partial charge in [-0.25, -0.2) is 9.37 Å². The molecule has 0 saturated carbocycles. The summed E-state index contributed by atoms with van der Waals surface area (Å²) in [5.74, 6) is -0.360. The second-order valence-corrected chi connectivity index (χ2v) is 5.69. The standard InChI is InChI=1S/C15H18FN3O/c1-15(2,17)8-10-4-5-11(16)6-12(10)13-7-14(20)19(3)9-18-13/h4-7,9H,8,17H2,1-3H3. The summed E-state index contributed by atoms with van der Waals surface area (Å²) in [6, 6.07) is 5.88. The van der Waals surface area contributed by atoms with Gasteiger partial charge in [0.2, 0.25) is 0 Å². The number of hydrogen-bond donors (Lipinski definition) is 1. The second-order valence-electron chi connectivity index (χ2n) is 5.69. The van der Waals surface area contributed by atoms with Crippen LogP contribution >= 0.6 is 0 Å². The maximum absolute atomic E-state index is 13.5. The minimum absolute atomic E-state index is 0.183. The van der Waals surface area contributed by atoms with Gasteiger partial charge >= 0.3 is 0 Å². The van der Waals surface area contributed by atoms with Crippen molar-refractivity contribution in [2.75, 3.05) is 0 Å². The molecule has 0 atom stereocenters. The van der Waals surface area contributed by atoms with E-state index in [-0.39, 0.29) is 11.4 Å². The highest BCUT2D eigenvalue weighted by Crippen LogP contribution is 2.24. The molecule has 0 fully saturated rings. The Balaban J connectivity index is 2.56. The molecule has 1 heterocycles. The molecule has 0 aliphatic rings. The number of benzene rings is 1. The van der Waals surface area contributed by atoms with Gasteiger partial charge in [-0.15, -0.1) is 0 Å². The summed E-state index contributed by atoms with van der Waals surface area (Å²) in [6.07, 6.45) is 2.00. The Morgan fingerprint density at radius 3 is 2.65 bits per heavy atom. The van der Waals surface area contributed by atoms with Crippen LogP contribution in [-0.2, 0) is 13.5 Å². The van der Waals surface area contributed by atoms with Crippen molar-refractivity contribution in [1.29, 1.82) is 0 Å². The van der Waals surface area contributed by atoms with Gasteiger partial charge in [0.05, 0.1) is 12.0 Å². The molecule has 0 aliphatic heterocycles. The first-order valence-corrected chi connectivity index (χ1v) is 6.37. The van der Waals surface area contributed by atoms with Crippen molar-refractivity contribution in [3.8, 4) is 11.3 Å². The lowest BCUT2D eigenvalue weighted by molar-refractivity contribution is 0.516. The first-order valence-electron chi connectivity index (χ1n) is 6.37. The van der Waals surface area contributed by atoms with Crippen LogP contribution in [0.3, 0.4) is 0 Å². The van der Waals surface area contributed by atoms with Crippen LogP contribution in [0.15, 0.2) is 35.4 Å². The molecule has 0 amide bonds. The predicted molar refractivity (Wildman–Crippen MR) is 76.8 cm³/mol. The first-order chi connectivity index (χ1) is 9.26. The van der Waals surface area contributed by atoms with Crippen LogP contribution in [0.25, 0.3) is 11.3 Å². The summed E-state index contributed by atoms with van der Waals surface area (Å²) >= 11 is 0. The molecule has 4 nitrogen and oxygen atoms in total. The molecule has 0 saturated heterocycles. The van der Waals surface area contributed by atoms with Crippen molar-refractivity contribution in [1.82, 2.24) is 9.55 Å². The molecule has 2 N–H and O–H groups in total. The Morgan fingerprint density at radius 1 is 1.35 bits per heavy atom. The Labute approximate surface area is 117 Å². The average Bonchev–Trinajstić information content (AvgIpc) is 2.33. The topological polar surface area (TPSA) is 60.9 Å². The maximum Gasteiger partial charge on any atom is 0.253 e. The van der Waals surface area contributed by atoms with Gasteiger partial charge in [0.1, 0.15) is 5.82 Å². The predicted octanol–water partition coefficient (Wildman–Crippen LogP) is 1.87. The quantitative estimate of drug-likeness (QED) is 0.930. The smallest absolute Gasteiger partial charge is 0.253 e. The lowest BCUT2D eigenvalue weighted by atomic mass is 9.91. The van der Waals surface area contributed by atoms with E-state index in [9.17, 15) is 9.18 Å². The zero-order valence-electron chi connectivity index (χ0n) is 11.9. The largest absolute Gasteiger partial charge is 0.325 e. The van der Waals surface area contributed by atoms with Gasteiger partial charge < -0.3 is 10.3 Å². The molecule has 106 valence electrons. The molecule has 0 spiro atoms. The molecule has 2 aromatic rings. The lowest BCUT2D eigenvalue weighted by Crippen LogP contribution is -2.34. The van der Waals surface area contributed by atoms with Crippen molar-refractivity contribution in [2.24, 2.45) is 12.8 Å². The molecular formula is C15H18FN3O. The number of aryl methyl sites for hydroxylation is 1. The van der Waals surface area contributed by atoms with Crippen LogP contribution < -0.4 is 11.3 Å². The fraction of sp³-hybridized carbons (Fsp3) is 0.333. The zero-order chi connectivity index (χ0) is 14.9. The molecule has 20 heavy (non-hydrogen) atoms. The fourth-order valence-corrected chi connectivity index (χ4v) is 2.04. The summed E-state index contributed by atoms with van der Waals surface area (Å²) in [5, 5.41) is 0. The number of aromatic nitrogens is 2. The van der Waals surface area contributed by atoms with Gasteiger partial charge in [-0.1, -0.05) is 6.07 Å². The zero-order valence-corrected chi connectivity index (χ0v) is 11.9. The Hall–Kier alpha value is -2.01. The lowest BCUT2D eigenvalue weighted by Gasteiger charge is -2.20. The molecule has 5 heteroatoms. The van der Waals surface area contributed by atoms with E-state index in [1.807, 2.05) is 13.8 Å². The van der Waals surface area contributed by atoms with Crippen LogP contribution in [0.1, 0.15) is 19.4 Å². The molecule has 0 bridgehead atoms. The average molecular weight is 275 g/mol. The van der Waals surface area contributed by atoms with E-state index in [0.717, 1.165) is 5.56 Å². The molecule has 0 unspecified atom stereocenters. The maximum atomic E-state index is 13.5. The minimum atomic E-state index is -0.424. The van der Waals surface area contributed by atoms with Gasteiger partial charge in [0.25, 0.3) is 5.56 Å². The highest BCUT2D eigenvalue weighted by atomic mass is 19.1. The van der Waals surface area contributed by atoms with Crippen LogP contribution in [0.2, 0.25) is 0 Å². The van der Waals surface area contributed by atoms with E-state index >= 15 is 0 Å². The van der Waals surface area contributed by atoms with Gasteiger partial charge in [0, 0.05) is 24.2 Å². The van der Waals surface area contributed by atoms with Gasteiger partial charge in [-0.05, 0) is 38.0 Å². The van der Waals surface area contributed by atoms with E-state index in [4.69, 9.17) is 5.73 Å². The van der Waals surface area contributed by atoms with Crippen molar-refractivity contribution >= 4 is 0 Å². The Morgan fingerprint density at radius 2 is 2.05 bits per heavy atom. The number of nitrogens with two attached hydrogens (primary N) is 1. The van der Waals surface area contributed by atoms with Crippen LogP contribution in [0.5, 0.6) is 0 Å². The second kappa shape index (κ2) is 5.17.